The number of benzene rings is 2. The molecule has 0 spiro atoms. The maximum absolute atomic E-state index is 13.0. The maximum Gasteiger partial charge on any atom is 0.416 e. The summed E-state index contributed by atoms with van der Waals surface area (Å²) in [4.78, 5) is 14.5. The Labute approximate surface area is 195 Å². The van der Waals surface area contributed by atoms with Gasteiger partial charge in [-0.15, -0.1) is 6.58 Å². The van der Waals surface area contributed by atoms with E-state index in [-0.39, 0.29) is 11.6 Å². The molecule has 2 aromatic rings. The molecule has 4 nitrogen and oxygen atoms in total. The van der Waals surface area contributed by atoms with Gasteiger partial charge in [0, 0.05) is 23.7 Å². The van der Waals surface area contributed by atoms with Crippen molar-refractivity contribution in [2.45, 2.75) is 53.3 Å². The van der Waals surface area contributed by atoms with Crippen LogP contribution in [0.3, 0.4) is 0 Å². The van der Waals surface area contributed by atoms with Crippen LogP contribution in [0.25, 0.3) is 0 Å². The van der Waals surface area contributed by atoms with Crippen molar-refractivity contribution in [3.63, 3.8) is 0 Å². The van der Waals surface area contributed by atoms with Crippen molar-refractivity contribution in [2.75, 3.05) is 20.8 Å². The van der Waals surface area contributed by atoms with E-state index in [0.717, 1.165) is 23.3 Å². The lowest BCUT2D eigenvalue weighted by atomic mass is 9.91. The van der Waals surface area contributed by atoms with E-state index in [0.29, 0.717) is 24.5 Å². The molecule has 1 unspecified atom stereocenters. The first-order chi connectivity index (χ1) is 15.5. The summed E-state index contributed by atoms with van der Waals surface area (Å²) in [6, 6.07) is 7.83. The highest BCUT2D eigenvalue weighted by Crippen LogP contribution is 2.40. The van der Waals surface area contributed by atoms with Crippen LogP contribution in [0.1, 0.15) is 67.7 Å². The minimum absolute atomic E-state index is 0.0209. The summed E-state index contributed by atoms with van der Waals surface area (Å²) < 4.78 is 49.6. The van der Waals surface area contributed by atoms with Gasteiger partial charge in [0.15, 0.2) is 0 Å². The number of ether oxygens (including phenoxy) is 2. The number of hydrogen-bond acceptors (Lipinski definition) is 3. The summed E-state index contributed by atoms with van der Waals surface area (Å²) in [5.41, 5.74) is 2.21. The van der Waals surface area contributed by atoms with Crippen LogP contribution in [0.5, 0.6) is 11.5 Å². The second-order valence-electron chi connectivity index (χ2n) is 7.61. The Morgan fingerprint density at radius 3 is 2.21 bits per heavy atom. The van der Waals surface area contributed by atoms with Gasteiger partial charge in [0.25, 0.3) is 5.91 Å². The van der Waals surface area contributed by atoms with Crippen molar-refractivity contribution in [3.8, 4) is 11.5 Å². The first-order valence-electron chi connectivity index (χ1n) is 10.8. The molecule has 0 aromatic heterocycles. The molecule has 1 atom stereocenters. The molecule has 0 N–H and O–H groups in total. The Hall–Kier alpha value is -2.96. The molecule has 1 aliphatic heterocycles. The van der Waals surface area contributed by atoms with Gasteiger partial charge in [-0.05, 0) is 57.0 Å². The zero-order chi connectivity index (χ0) is 25.3. The second kappa shape index (κ2) is 12.3. The summed E-state index contributed by atoms with van der Waals surface area (Å²) in [5.74, 6) is 0.825. The zero-order valence-electron chi connectivity index (χ0n) is 20.5. The summed E-state index contributed by atoms with van der Waals surface area (Å²) >= 11 is 0. The monoisotopic (exact) mass is 465 g/mol. The van der Waals surface area contributed by atoms with Crippen LogP contribution in [0, 0.1) is 0 Å². The quantitative estimate of drug-likeness (QED) is 0.454. The molecule has 0 saturated heterocycles. The largest absolute Gasteiger partial charge is 0.497 e. The van der Waals surface area contributed by atoms with E-state index in [2.05, 4.69) is 6.58 Å². The Kier molecular flexibility index (Phi) is 10.5. The number of rotatable bonds is 3. The zero-order valence-corrected chi connectivity index (χ0v) is 20.5. The number of alkyl halides is 3. The Balaban J connectivity index is 0.000000820. The summed E-state index contributed by atoms with van der Waals surface area (Å²) in [5, 5.41) is 0. The Bertz CT molecular complexity index is 933. The highest BCUT2D eigenvalue weighted by Gasteiger charge is 2.34. The third-order valence-electron chi connectivity index (χ3n) is 4.86. The summed E-state index contributed by atoms with van der Waals surface area (Å²) in [7, 11) is 3.10. The number of nitrogens with zero attached hydrogens (tertiary/aromatic N) is 1. The average Bonchev–Trinajstić information content (AvgIpc) is 2.78. The summed E-state index contributed by atoms with van der Waals surface area (Å²) in [6.45, 7) is 13.7. The molecule has 1 heterocycles. The smallest absolute Gasteiger partial charge is 0.416 e. The number of hydrogen-bond donors (Lipinski definition) is 0. The van der Waals surface area contributed by atoms with Crippen molar-refractivity contribution in [2.24, 2.45) is 0 Å². The number of amides is 1. The number of carbonyl (C=O) groups excluding carboxylic acids is 1. The molecule has 182 valence electrons. The minimum atomic E-state index is -4.49. The van der Waals surface area contributed by atoms with E-state index >= 15 is 0 Å². The fourth-order valence-corrected chi connectivity index (χ4v) is 3.49. The molecule has 7 heteroatoms. The highest BCUT2D eigenvalue weighted by molar-refractivity contribution is 5.95. The van der Waals surface area contributed by atoms with Gasteiger partial charge in [-0.2, -0.15) is 13.2 Å². The molecule has 0 fully saturated rings. The lowest BCUT2D eigenvalue weighted by molar-refractivity contribution is -0.137. The molecule has 2 aromatic carbocycles. The Morgan fingerprint density at radius 1 is 1.09 bits per heavy atom. The molecule has 0 radical (unpaired) electrons. The van der Waals surface area contributed by atoms with E-state index in [1.807, 2.05) is 40.7 Å². The van der Waals surface area contributed by atoms with Gasteiger partial charge in [0.05, 0.1) is 25.8 Å². The SMILES string of the molecule is C=C(C)C.CC.COc1cc2c(c(OC)c1)C(C)N(C(=O)c1cccc(C(F)(F)F)c1)CC2. The first-order valence-corrected chi connectivity index (χ1v) is 10.8. The van der Waals surface area contributed by atoms with E-state index in [1.54, 1.807) is 18.1 Å². The second-order valence-corrected chi connectivity index (χ2v) is 7.61. The molecule has 0 bridgehead atoms. The van der Waals surface area contributed by atoms with Crippen LogP contribution in [0.15, 0.2) is 48.6 Å². The number of methoxy groups -OCH3 is 2. The van der Waals surface area contributed by atoms with Gasteiger partial charge < -0.3 is 14.4 Å². The van der Waals surface area contributed by atoms with Gasteiger partial charge in [-0.25, -0.2) is 0 Å². The third-order valence-corrected chi connectivity index (χ3v) is 4.86. The van der Waals surface area contributed by atoms with E-state index in [9.17, 15) is 18.0 Å². The molecule has 3 rings (SSSR count). The minimum Gasteiger partial charge on any atom is -0.497 e. The first kappa shape index (κ1) is 28.1. The molecular formula is C26H34F3NO3. The van der Waals surface area contributed by atoms with Gasteiger partial charge in [0.1, 0.15) is 11.5 Å². The maximum atomic E-state index is 13.0. The number of allylic oxidation sites excluding steroid dienone is 1. The third kappa shape index (κ3) is 7.27. The lowest BCUT2D eigenvalue weighted by Crippen LogP contribution is -2.39. The highest BCUT2D eigenvalue weighted by atomic mass is 19.4. The van der Waals surface area contributed by atoms with Crippen molar-refractivity contribution in [1.82, 2.24) is 4.90 Å². The Morgan fingerprint density at radius 2 is 1.70 bits per heavy atom. The number of halogens is 3. The number of fused-ring (bicyclic) bond motifs is 1. The standard InChI is InChI=1S/C20H20F3NO3.C4H8.C2H6/c1-12-18-13(10-16(26-2)11-17(18)27-3)7-8-24(12)19(25)14-5-4-6-15(9-14)20(21,22)23;1-4(2)3;1-2/h4-6,9-12H,7-8H2,1-3H3;1H2,2-3H3;1-2H3. The van der Waals surface area contributed by atoms with Crippen molar-refractivity contribution < 1.29 is 27.4 Å². The molecule has 0 saturated carbocycles. The van der Waals surface area contributed by atoms with E-state index < -0.39 is 17.6 Å². The van der Waals surface area contributed by atoms with Crippen molar-refractivity contribution >= 4 is 5.91 Å². The van der Waals surface area contributed by atoms with E-state index in [4.69, 9.17) is 9.47 Å². The average molecular weight is 466 g/mol. The van der Waals surface area contributed by atoms with Crippen molar-refractivity contribution in [3.05, 3.63) is 70.8 Å². The number of carbonyl (C=O) groups is 1. The van der Waals surface area contributed by atoms with Gasteiger partial charge in [-0.1, -0.05) is 25.5 Å². The van der Waals surface area contributed by atoms with Crippen LogP contribution >= 0.6 is 0 Å². The topological polar surface area (TPSA) is 38.8 Å². The lowest BCUT2D eigenvalue weighted by Gasteiger charge is -2.36. The van der Waals surface area contributed by atoms with E-state index in [1.165, 1.54) is 24.8 Å². The molecule has 33 heavy (non-hydrogen) atoms. The molecule has 1 amide bonds. The molecular weight excluding hydrogens is 431 g/mol. The van der Waals surface area contributed by atoms with Crippen LogP contribution in [0.2, 0.25) is 0 Å². The van der Waals surface area contributed by atoms with Crippen LogP contribution < -0.4 is 9.47 Å². The van der Waals surface area contributed by atoms with Crippen LogP contribution in [-0.4, -0.2) is 31.6 Å². The summed E-state index contributed by atoms with van der Waals surface area (Å²) in [6.07, 6.45) is -3.92. The fourth-order valence-electron chi connectivity index (χ4n) is 3.49. The van der Waals surface area contributed by atoms with Crippen molar-refractivity contribution in [1.29, 1.82) is 0 Å². The van der Waals surface area contributed by atoms with Gasteiger partial charge in [-0.3, -0.25) is 4.79 Å². The molecule has 0 aliphatic carbocycles. The van der Waals surface area contributed by atoms with Gasteiger partial charge in [0.2, 0.25) is 0 Å². The molecule has 1 aliphatic rings. The van der Waals surface area contributed by atoms with Crippen LogP contribution in [-0.2, 0) is 12.6 Å². The predicted molar refractivity (Wildman–Crippen MR) is 126 cm³/mol. The normalized spacial score (nSPS) is 14.6. The van der Waals surface area contributed by atoms with Gasteiger partial charge >= 0.3 is 6.18 Å². The van der Waals surface area contributed by atoms with Crippen LogP contribution in [0.4, 0.5) is 13.2 Å². The predicted octanol–water partition coefficient (Wildman–Crippen LogP) is 7.09. The fraction of sp³-hybridized carbons (Fsp3) is 0.423.